The summed E-state index contributed by atoms with van der Waals surface area (Å²) in [6.45, 7) is 2.15. The molecule has 0 spiro atoms. The van der Waals surface area contributed by atoms with E-state index in [4.69, 9.17) is 4.65 Å². The van der Waals surface area contributed by atoms with Gasteiger partial charge in [0.1, 0.15) is 5.75 Å². The Bertz CT molecular complexity index is 1300. The number of imide groups is 1. The number of phenolic OH excluding ortho intramolecular Hbond substituents is 1. The third kappa shape index (κ3) is 4.87. The average molecular weight is 595 g/mol. The topological polar surface area (TPSA) is 111 Å². The van der Waals surface area contributed by atoms with Crippen LogP contribution in [0, 0.1) is 17.8 Å². The van der Waals surface area contributed by atoms with Gasteiger partial charge in [0.25, 0.3) is 0 Å². The van der Waals surface area contributed by atoms with Crippen molar-refractivity contribution in [2.75, 3.05) is 19.7 Å². The Morgan fingerprint density at radius 3 is 2.49 bits per heavy atom. The van der Waals surface area contributed by atoms with Gasteiger partial charge in [0.05, 0.1) is 24.5 Å². The molecule has 3 heterocycles. The lowest BCUT2D eigenvalue weighted by atomic mass is 9.55. The SMILES string of the molecule is O=C1[C@H]2[C@H](CC(CO)=C3B(O)O[C@H](c4cc(Br)ccc4O)C[C@H]32)C(=O)N1C1CCN(Cc2ccccc2)CC1. The second-order valence-electron chi connectivity index (χ2n) is 11.1. The van der Waals surface area contributed by atoms with Gasteiger partial charge in [-0.3, -0.25) is 19.4 Å². The molecule has 0 unspecified atom stereocenters. The first kappa shape index (κ1) is 26.7. The third-order valence-electron chi connectivity index (χ3n) is 8.94. The molecule has 1 aliphatic carbocycles. The number of benzene rings is 2. The minimum Gasteiger partial charge on any atom is -0.508 e. The van der Waals surface area contributed by atoms with Crippen LogP contribution in [-0.4, -0.2) is 69.7 Å². The number of allylic oxidation sites excluding steroid dienone is 1. The minimum atomic E-state index is -1.33. The maximum Gasteiger partial charge on any atom is 0.487 e. The molecule has 0 bridgehead atoms. The number of carbonyl (C=O) groups excluding carboxylic acids is 2. The first-order valence-corrected chi connectivity index (χ1v) is 14.4. The van der Waals surface area contributed by atoms with Crippen molar-refractivity contribution < 1.29 is 29.5 Å². The number of phenols is 1. The predicted molar refractivity (Wildman–Crippen MR) is 148 cm³/mol. The van der Waals surface area contributed by atoms with Gasteiger partial charge in [-0.15, -0.1) is 0 Å². The summed E-state index contributed by atoms with van der Waals surface area (Å²) in [5.41, 5.74) is 2.85. The van der Waals surface area contributed by atoms with E-state index in [9.17, 15) is 24.8 Å². The van der Waals surface area contributed by atoms with E-state index >= 15 is 0 Å². The van der Waals surface area contributed by atoms with Crippen molar-refractivity contribution in [1.82, 2.24) is 9.80 Å². The fourth-order valence-electron chi connectivity index (χ4n) is 7.10. The van der Waals surface area contributed by atoms with Crippen LogP contribution >= 0.6 is 15.9 Å². The smallest absolute Gasteiger partial charge is 0.487 e. The predicted octanol–water partition coefficient (Wildman–Crippen LogP) is 3.21. The number of hydrogen-bond donors (Lipinski definition) is 3. The molecule has 39 heavy (non-hydrogen) atoms. The number of fused-ring (bicyclic) bond motifs is 3. The van der Waals surface area contributed by atoms with E-state index in [1.165, 1.54) is 10.5 Å². The molecule has 2 aromatic carbocycles. The molecule has 3 aliphatic heterocycles. The molecule has 0 aromatic heterocycles. The highest BCUT2D eigenvalue weighted by molar-refractivity contribution is 9.10. The maximum absolute atomic E-state index is 14.0. The Labute approximate surface area is 236 Å². The van der Waals surface area contributed by atoms with E-state index in [0.717, 1.165) is 36.9 Å². The van der Waals surface area contributed by atoms with E-state index < -0.39 is 31.0 Å². The first-order chi connectivity index (χ1) is 18.9. The summed E-state index contributed by atoms with van der Waals surface area (Å²) in [5.74, 6) is -1.94. The van der Waals surface area contributed by atoms with Gasteiger partial charge in [0.2, 0.25) is 11.8 Å². The lowest BCUT2D eigenvalue weighted by Gasteiger charge is -2.42. The molecule has 0 saturated carbocycles. The van der Waals surface area contributed by atoms with E-state index in [-0.39, 0.29) is 36.6 Å². The van der Waals surface area contributed by atoms with Crippen LogP contribution in [0.25, 0.3) is 0 Å². The minimum absolute atomic E-state index is 0.0373. The monoisotopic (exact) mass is 594 g/mol. The fraction of sp³-hybridized carbons (Fsp3) is 0.448. The number of aliphatic hydroxyl groups excluding tert-OH is 1. The number of rotatable bonds is 5. The molecule has 8 nitrogen and oxygen atoms in total. The van der Waals surface area contributed by atoms with Gasteiger partial charge in [-0.25, -0.2) is 0 Å². The lowest BCUT2D eigenvalue weighted by molar-refractivity contribution is -0.144. The Kier molecular flexibility index (Phi) is 7.41. The molecule has 6 rings (SSSR count). The molecule has 4 atom stereocenters. The number of nitrogens with zero attached hydrogens (tertiary/aromatic N) is 2. The van der Waals surface area contributed by atoms with Gasteiger partial charge in [-0.2, -0.15) is 0 Å². The van der Waals surface area contributed by atoms with Gasteiger partial charge >= 0.3 is 7.12 Å². The molecule has 2 amide bonds. The number of piperidine rings is 1. The van der Waals surface area contributed by atoms with Crippen LogP contribution in [-0.2, 0) is 20.8 Å². The van der Waals surface area contributed by atoms with Gasteiger partial charge in [0.15, 0.2) is 0 Å². The average Bonchev–Trinajstić information content (AvgIpc) is 3.19. The summed E-state index contributed by atoms with van der Waals surface area (Å²) in [6, 6.07) is 15.1. The van der Waals surface area contributed by atoms with E-state index in [1.807, 2.05) is 18.2 Å². The Morgan fingerprint density at radius 1 is 1.03 bits per heavy atom. The number of halogens is 1. The van der Waals surface area contributed by atoms with Crippen LogP contribution < -0.4 is 0 Å². The molecule has 10 heteroatoms. The van der Waals surface area contributed by atoms with Crippen molar-refractivity contribution in [3.63, 3.8) is 0 Å². The molecule has 3 N–H and O–H groups in total. The number of hydrogen-bond acceptors (Lipinski definition) is 7. The summed E-state index contributed by atoms with van der Waals surface area (Å²) in [7, 11) is -1.33. The normalized spacial score (nSPS) is 28.2. The van der Waals surface area contributed by atoms with Crippen molar-refractivity contribution in [2.45, 2.75) is 44.4 Å². The molecule has 0 radical (unpaired) electrons. The van der Waals surface area contributed by atoms with Crippen molar-refractivity contribution in [2.24, 2.45) is 17.8 Å². The summed E-state index contributed by atoms with van der Waals surface area (Å²) in [4.78, 5) is 31.6. The standard InChI is InChI=1S/C29H32BBrN2O6/c31-19-6-7-24(35)21(13-19)25-14-22-26-23(12-18(16-34)27(22)30(38)39-25)28(36)33(29(26)37)20-8-10-32(11-9-20)15-17-4-2-1-3-5-17/h1-7,13,20,22-23,25-26,34-35,38H,8-12,14-16H2/t22-,23-,25-,26+/m0/s1. The lowest BCUT2D eigenvalue weighted by Crippen LogP contribution is -2.48. The number of aliphatic hydroxyl groups is 1. The second-order valence-corrected chi connectivity index (χ2v) is 12.0. The Morgan fingerprint density at radius 2 is 1.77 bits per heavy atom. The van der Waals surface area contributed by atoms with Gasteiger partial charge in [0, 0.05) is 35.7 Å². The largest absolute Gasteiger partial charge is 0.508 e. The molecule has 3 fully saturated rings. The Hall–Kier alpha value is -2.50. The van der Waals surface area contributed by atoms with Crippen LogP contribution in [0.4, 0.5) is 0 Å². The summed E-state index contributed by atoms with van der Waals surface area (Å²) >= 11 is 3.42. The first-order valence-electron chi connectivity index (χ1n) is 13.6. The highest BCUT2D eigenvalue weighted by atomic mass is 79.9. The highest BCUT2D eigenvalue weighted by Crippen LogP contribution is 2.52. The molecule has 204 valence electrons. The molecule has 4 aliphatic rings. The van der Waals surface area contributed by atoms with Gasteiger partial charge < -0.3 is 19.9 Å². The molecule has 2 aromatic rings. The maximum atomic E-state index is 14.0. The van der Waals surface area contributed by atoms with E-state index in [0.29, 0.717) is 23.0 Å². The number of amides is 2. The van der Waals surface area contributed by atoms with Crippen LogP contribution in [0.1, 0.15) is 42.9 Å². The number of aromatic hydroxyl groups is 1. The van der Waals surface area contributed by atoms with E-state index in [2.05, 4.69) is 33.0 Å². The van der Waals surface area contributed by atoms with Crippen molar-refractivity contribution in [1.29, 1.82) is 0 Å². The van der Waals surface area contributed by atoms with Crippen molar-refractivity contribution in [3.8, 4) is 5.75 Å². The summed E-state index contributed by atoms with van der Waals surface area (Å²) in [5, 5.41) is 31.7. The van der Waals surface area contributed by atoms with Crippen LogP contribution in [0.2, 0.25) is 0 Å². The fourth-order valence-corrected chi connectivity index (χ4v) is 7.48. The summed E-state index contributed by atoms with van der Waals surface area (Å²) < 4.78 is 6.67. The second kappa shape index (κ2) is 10.8. The molecular weight excluding hydrogens is 563 g/mol. The third-order valence-corrected chi connectivity index (χ3v) is 9.44. The van der Waals surface area contributed by atoms with Crippen molar-refractivity contribution >= 4 is 34.9 Å². The Balaban J connectivity index is 1.23. The van der Waals surface area contributed by atoms with Crippen LogP contribution in [0.5, 0.6) is 5.75 Å². The van der Waals surface area contributed by atoms with Crippen LogP contribution in [0.3, 0.4) is 0 Å². The quantitative estimate of drug-likeness (QED) is 0.360. The van der Waals surface area contributed by atoms with E-state index in [1.54, 1.807) is 18.2 Å². The van der Waals surface area contributed by atoms with Gasteiger partial charge in [-0.1, -0.05) is 46.3 Å². The zero-order valence-electron chi connectivity index (χ0n) is 21.6. The molecule has 3 saturated heterocycles. The molecular formula is C29H32BBrN2O6. The number of carbonyl (C=O) groups is 2. The number of likely N-dealkylation sites (tertiary alicyclic amines) is 2. The zero-order valence-corrected chi connectivity index (χ0v) is 23.2. The zero-order chi connectivity index (χ0) is 27.3. The van der Waals surface area contributed by atoms with Gasteiger partial charge in [-0.05, 0) is 66.4 Å². The highest BCUT2D eigenvalue weighted by Gasteiger charge is 2.59. The summed E-state index contributed by atoms with van der Waals surface area (Å²) in [6.07, 6.45) is 1.35. The van der Waals surface area contributed by atoms with Crippen LogP contribution in [0.15, 0.2) is 64.0 Å². The van der Waals surface area contributed by atoms with Crippen molar-refractivity contribution in [3.05, 3.63) is 75.2 Å².